The van der Waals surface area contributed by atoms with E-state index in [-0.39, 0.29) is 41.2 Å². The van der Waals surface area contributed by atoms with Gasteiger partial charge in [-0.1, -0.05) is 18.1 Å². The number of benzene rings is 2. The predicted octanol–water partition coefficient (Wildman–Crippen LogP) is 6.16. The first-order valence-corrected chi connectivity index (χ1v) is 19.2. The first-order chi connectivity index (χ1) is 26.1. The number of hydrogen-bond acceptors (Lipinski definition) is 7. The second-order valence-corrected chi connectivity index (χ2v) is 16.5. The second-order valence-electron chi connectivity index (χ2n) is 14.7. The Bertz CT molecular complexity index is 2590. The number of aryl methyl sites for hydroxylation is 2. The van der Waals surface area contributed by atoms with Crippen molar-refractivity contribution in [2.75, 3.05) is 11.0 Å². The molecule has 0 spiro atoms. The fourth-order valence-corrected chi connectivity index (χ4v) is 7.92. The number of amides is 1. The summed E-state index contributed by atoms with van der Waals surface area (Å²) in [7, 11) is -2.19. The number of fused-ring (bicyclic) bond motifs is 4. The lowest BCUT2D eigenvalue weighted by Crippen LogP contribution is -2.35. The molecule has 11 nitrogen and oxygen atoms in total. The van der Waals surface area contributed by atoms with Gasteiger partial charge in [-0.05, 0) is 80.8 Å². The molecule has 3 heterocycles. The zero-order valence-electron chi connectivity index (χ0n) is 30.6. The molecule has 2 aliphatic rings. The number of carbonyl (C=O) groups excluding carboxylic acids is 1. The summed E-state index contributed by atoms with van der Waals surface area (Å²) < 4.78 is 117. The molecule has 1 fully saturated rings. The number of nitrogens with one attached hydrogen (secondary N) is 2. The van der Waals surface area contributed by atoms with Gasteiger partial charge in [-0.2, -0.15) is 19.0 Å². The number of carbonyl (C=O) groups is 1. The van der Waals surface area contributed by atoms with Crippen LogP contribution in [0, 0.1) is 36.3 Å². The summed E-state index contributed by atoms with van der Waals surface area (Å²) in [4.78, 5) is 18.7. The lowest BCUT2D eigenvalue weighted by molar-refractivity contribution is -0.123. The van der Waals surface area contributed by atoms with Crippen LogP contribution in [0.4, 0.5) is 32.2 Å². The van der Waals surface area contributed by atoms with Crippen LogP contribution in [-0.4, -0.2) is 55.8 Å². The standard InChI is InChI=1S/C38H35F6N7O4S/c1-18-6-8-24(33-29(18)36(48-50(33)4)49-56(5,54)55)23-9-7-22(10-11-37(2,3)53)45-31(23)27(14-19-12-20(39)15-21(40)13-19)46-28(52)17-51-34-30(32(47-51)35(41)42)25-16-26(25)38(34,43)44/h6-9,12-13,15,25-27,35,53H,14,16-17H2,1-5H3,(H,46,52)(H,48,49)/t25-,26+,27-/m0/s1. The zero-order valence-corrected chi connectivity index (χ0v) is 31.4. The average Bonchev–Trinajstić information content (AvgIpc) is 3.62. The third-order valence-corrected chi connectivity index (χ3v) is 10.2. The van der Waals surface area contributed by atoms with Crippen LogP contribution in [-0.2, 0) is 40.8 Å². The van der Waals surface area contributed by atoms with Gasteiger partial charge in [0.25, 0.3) is 12.3 Å². The number of anilines is 1. The van der Waals surface area contributed by atoms with Gasteiger partial charge in [0.15, 0.2) is 5.82 Å². The van der Waals surface area contributed by atoms with Crippen molar-refractivity contribution in [1.82, 2.24) is 29.9 Å². The van der Waals surface area contributed by atoms with Crippen molar-refractivity contribution >= 4 is 32.7 Å². The Morgan fingerprint density at radius 1 is 1.07 bits per heavy atom. The van der Waals surface area contributed by atoms with Gasteiger partial charge < -0.3 is 10.4 Å². The second kappa shape index (κ2) is 13.7. The first kappa shape index (κ1) is 38.8. The summed E-state index contributed by atoms with van der Waals surface area (Å²) >= 11 is 0. The van der Waals surface area contributed by atoms with Gasteiger partial charge in [0.1, 0.15) is 40.9 Å². The molecule has 3 atom stereocenters. The van der Waals surface area contributed by atoms with Gasteiger partial charge in [-0.25, -0.2) is 31.0 Å². The lowest BCUT2D eigenvalue weighted by Gasteiger charge is -2.23. The highest BCUT2D eigenvalue weighted by Gasteiger charge is 2.67. The van der Waals surface area contributed by atoms with E-state index in [4.69, 9.17) is 4.98 Å². The van der Waals surface area contributed by atoms with Crippen molar-refractivity contribution < 1.29 is 44.7 Å². The Morgan fingerprint density at radius 2 is 1.75 bits per heavy atom. The van der Waals surface area contributed by atoms with Crippen molar-refractivity contribution in [2.45, 2.75) is 70.1 Å². The van der Waals surface area contributed by atoms with Gasteiger partial charge in [0.05, 0.1) is 23.5 Å². The van der Waals surface area contributed by atoms with Crippen LogP contribution >= 0.6 is 0 Å². The van der Waals surface area contributed by atoms with Crippen molar-refractivity contribution in [3.63, 3.8) is 0 Å². The molecule has 0 saturated heterocycles. The average molecular weight is 800 g/mol. The van der Waals surface area contributed by atoms with E-state index in [1.165, 1.54) is 24.6 Å². The SMILES string of the molecule is Cc1ccc(-c2ccc(C#CC(C)(C)O)nc2[C@H](Cc2cc(F)cc(F)c2)NC(=O)Cn2nc(C(F)F)c3c2C(F)(F)[C@@H]2C[C@H]32)c2c1c(NS(C)(=O)=O)nn2C. The summed E-state index contributed by atoms with van der Waals surface area (Å²) in [5, 5.41) is 21.6. The van der Waals surface area contributed by atoms with Gasteiger partial charge in [0, 0.05) is 41.1 Å². The molecule has 3 aromatic heterocycles. The number of sulfonamides is 1. The zero-order chi connectivity index (χ0) is 40.6. The number of hydrogen-bond donors (Lipinski definition) is 3. The van der Waals surface area contributed by atoms with E-state index in [0.717, 1.165) is 18.4 Å². The molecule has 0 aliphatic heterocycles. The van der Waals surface area contributed by atoms with Crippen LogP contribution in [0.3, 0.4) is 0 Å². The van der Waals surface area contributed by atoms with E-state index in [1.54, 1.807) is 32.2 Å². The van der Waals surface area contributed by atoms with Crippen molar-refractivity contribution in [3.8, 4) is 23.0 Å². The van der Waals surface area contributed by atoms with Crippen molar-refractivity contribution in [2.24, 2.45) is 13.0 Å². The molecule has 0 bridgehead atoms. The molecular weight excluding hydrogens is 765 g/mol. The Labute approximate surface area is 317 Å². The topological polar surface area (TPSA) is 144 Å². The van der Waals surface area contributed by atoms with Crippen LogP contribution in [0.2, 0.25) is 0 Å². The van der Waals surface area contributed by atoms with E-state index in [0.29, 0.717) is 38.3 Å². The first-order valence-electron chi connectivity index (χ1n) is 17.3. The van der Waals surface area contributed by atoms with Crippen LogP contribution in [0.5, 0.6) is 0 Å². The van der Waals surface area contributed by atoms with Crippen LogP contribution in [0.15, 0.2) is 42.5 Å². The van der Waals surface area contributed by atoms with Gasteiger partial charge >= 0.3 is 0 Å². The fraction of sp³-hybridized carbons (Fsp3) is 0.368. The highest BCUT2D eigenvalue weighted by Crippen LogP contribution is 2.68. The number of nitrogens with zero attached hydrogens (tertiary/aromatic N) is 5. The molecule has 2 aromatic carbocycles. The Morgan fingerprint density at radius 3 is 2.39 bits per heavy atom. The van der Waals surface area contributed by atoms with Crippen LogP contribution in [0.25, 0.3) is 22.0 Å². The summed E-state index contributed by atoms with van der Waals surface area (Å²) in [6.45, 7) is 3.74. The summed E-state index contributed by atoms with van der Waals surface area (Å²) in [5.74, 6) is -2.77. The third kappa shape index (κ3) is 7.44. The number of alkyl halides is 4. The number of halogens is 6. The maximum absolute atomic E-state index is 15.4. The summed E-state index contributed by atoms with van der Waals surface area (Å²) in [6.07, 6.45) is -2.48. The van der Waals surface area contributed by atoms with Crippen molar-refractivity contribution in [3.05, 3.63) is 93.6 Å². The maximum atomic E-state index is 15.4. The van der Waals surface area contributed by atoms with Crippen LogP contribution in [0.1, 0.15) is 78.1 Å². The van der Waals surface area contributed by atoms with Gasteiger partial charge in [-0.15, -0.1) is 0 Å². The summed E-state index contributed by atoms with van der Waals surface area (Å²) in [5.41, 5.74) is -1.17. The minimum absolute atomic E-state index is 0.0276. The highest BCUT2D eigenvalue weighted by atomic mass is 32.2. The maximum Gasteiger partial charge on any atom is 0.293 e. The number of pyridine rings is 1. The molecule has 1 amide bonds. The molecule has 1 saturated carbocycles. The summed E-state index contributed by atoms with van der Waals surface area (Å²) in [6, 6.07) is 8.00. The molecule has 0 radical (unpaired) electrons. The van der Waals surface area contributed by atoms with Crippen LogP contribution < -0.4 is 10.0 Å². The van der Waals surface area contributed by atoms with Gasteiger partial charge in [-0.3, -0.25) is 18.9 Å². The predicted molar refractivity (Wildman–Crippen MR) is 193 cm³/mol. The van der Waals surface area contributed by atoms with Crippen molar-refractivity contribution in [1.29, 1.82) is 0 Å². The normalized spacial score (nSPS) is 17.7. The number of aliphatic hydroxyl groups is 1. The van der Waals surface area contributed by atoms with E-state index in [2.05, 4.69) is 32.1 Å². The molecule has 2 aliphatic carbocycles. The number of aromatic nitrogens is 5. The minimum atomic E-state index is -3.77. The van der Waals surface area contributed by atoms with E-state index in [1.807, 2.05) is 0 Å². The molecule has 56 heavy (non-hydrogen) atoms. The molecule has 5 aromatic rings. The van der Waals surface area contributed by atoms with Gasteiger partial charge in [0.2, 0.25) is 15.9 Å². The fourth-order valence-electron chi connectivity index (χ4n) is 7.43. The molecule has 7 rings (SSSR count). The Kier molecular flexibility index (Phi) is 9.47. The van der Waals surface area contributed by atoms with E-state index >= 15 is 8.78 Å². The Hall–Kier alpha value is -5.41. The molecule has 0 unspecified atom stereocenters. The smallest absolute Gasteiger partial charge is 0.293 e. The highest BCUT2D eigenvalue weighted by molar-refractivity contribution is 7.92. The molecule has 3 N–H and O–H groups in total. The quantitative estimate of drug-likeness (QED) is 0.114. The minimum Gasteiger partial charge on any atom is -0.378 e. The third-order valence-electron chi connectivity index (χ3n) is 9.68. The largest absolute Gasteiger partial charge is 0.378 e. The monoisotopic (exact) mass is 799 g/mol. The molecule has 18 heteroatoms. The number of rotatable bonds is 10. The molecule has 294 valence electrons. The van der Waals surface area contributed by atoms with E-state index in [9.17, 15) is 35.9 Å². The lowest BCUT2D eigenvalue weighted by atomic mass is 9.93. The van der Waals surface area contributed by atoms with E-state index < -0.39 is 81.3 Å². The Balaban J connectivity index is 1.39. The molecular formula is C38H35F6N7O4S.